The molecule has 0 bridgehead atoms. The number of carbonyl (C=O) groups is 2. The SMILES string of the molecule is CC(C)CN(C)CCCN1CC2(CCN(C(=O)[C@@H](N)C3CC3)CC2)OC1=O.Cl.Cl. The second-order valence-electron chi connectivity index (χ2n) is 9.17. The molecule has 0 aromatic heterocycles. The van der Waals surface area contributed by atoms with Gasteiger partial charge in [0.05, 0.1) is 12.6 Å². The van der Waals surface area contributed by atoms with E-state index in [-0.39, 0.29) is 42.9 Å². The van der Waals surface area contributed by atoms with E-state index in [9.17, 15) is 9.59 Å². The lowest BCUT2D eigenvalue weighted by atomic mass is 9.91. The summed E-state index contributed by atoms with van der Waals surface area (Å²) >= 11 is 0. The predicted octanol–water partition coefficient (Wildman–Crippen LogP) is 2.36. The molecule has 3 aliphatic rings. The first-order valence-electron chi connectivity index (χ1n) is 10.5. The summed E-state index contributed by atoms with van der Waals surface area (Å²) in [5.74, 6) is 1.10. The number of amides is 2. The Morgan fingerprint density at radius 2 is 1.90 bits per heavy atom. The minimum Gasteiger partial charge on any atom is -0.441 e. The van der Waals surface area contributed by atoms with E-state index in [4.69, 9.17) is 10.5 Å². The maximum Gasteiger partial charge on any atom is 0.410 e. The molecule has 9 heteroatoms. The van der Waals surface area contributed by atoms with E-state index in [0.29, 0.717) is 44.3 Å². The lowest BCUT2D eigenvalue weighted by molar-refractivity contribution is -0.136. The smallest absolute Gasteiger partial charge is 0.410 e. The highest BCUT2D eigenvalue weighted by molar-refractivity contribution is 5.85. The molecule has 1 aliphatic carbocycles. The highest BCUT2D eigenvalue weighted by atomic mass is 35.5. The van der Waals surface area contributed by atoms with E-state index < -0.39 is 5.60 Å². The Bertz CT molecular complexity index is 552. The van der Waals surface area contributed by atoms with E-state index in [1.165, 1.54) is 0 Å². The average Bonchev–Trinajstić information content (AvgIpc) is 3.40. The zero-order valence-electron chi connectivity index (χ0n) is 18.0. The molecule has 1 saturated carbocycles. The molecule has 3 fully saturated rings. The zero-order chi connectivity index (χ0) is 19.6. The third kappa shape index (κ3) is 6.88. The van der Waals surface area contributed by atoms with Gasteiger partial charge in [-0.1, -0.05) is 13.8 Å². The topological polar surface area (TPSA) is 79.1 Å². The van der Waals surface area contributed by atoms with Gasteiger partial charge in [-0.05, 0) is 44.7 Å². The van der Waals surface area contributed by atoms with E-state index >= 15 is 0 Å². The van der Waals surface area contributed by atoms with Crippen LogP contribution in [0.2, 0.25) is 0 Å². The van der Waals surface area contributed by atoms with Crippen molar-refractivity contribution in [1.82, 2.24) is 14.7 Å². The van der Waals surface area contributed by atoms with Crippen LogP contribution in [-0.4, -0.2) is 84.7 Å². The van der Waals surface area contributed by atoms with Gasteiger partial charge in [0.25, 0.3) is 0 Å². The van der Waals surface area contributed by atoms with Crippen LogP contribution >= 0.6 is 24.8 Å². The first kappa shape index (κ1) is 26.3. The molecule has 0 radical (unpaired) electrons. The van der Waals surface area contributed by atoms with Crippen LogP contribution in [0.5, 0.6) is 0 Å². The van der Waals surface area contributed by atoms with Gasteiger partial charge in [-0.25, -0.2) is 4.79 Å². The van der Waals surface area contributed by atoms with Gasteiger partial charge in [-0.2, -0.15) is 0 Å². The Labute approximate surface area is 187 Å². The number of nitrogens with two attached hydrogens (primary N) is 1. The lowest BCUT2D eigenvalue weighted by Crippen LogP contribution is -2.53. The third-order valence-electron chi connectivity index (χ3n) is 6.09. The van der Waals surface area contributed by atoms with Crippen LogP contribution < -0.4 is 5.73 Å². The number of likely N-dealkylation sites (tertiary alicyclic amines) is 1. The van der Waals surface area contributed by atoms with Gasteiger partial charge in [0.2, 0.25) is 5.91 Å². The Kier molecular flexibility index (Phi) is 9.99. The minimum absolute atomic E-state index is 0. The van der Waals surface area contributed by atoms with Crippen LogP contribution in [0.1, 0.15) is 46.0 Å². The first-order chi connectivity index (χ1) is 12.8. The van der Waals surface area contributed by atoms with Crippen LogP contribution in [0.3, 0.4) is 0 Å². The predicted molar refractivity (Wildman–Crippen MR) is 119 cm³/mol. The molecule has 29 heavy (non-hydrogen) atoms. The summed E-state index contributed by atoms with van der Waals surface area (Å²) in [5, 5.41) is 0. The fraction of sp³-hybridized carbons (Fsp3) is 0.900. The van der Waals surface area contributed by atoms with Gasteiger partial charge in [0.1, 0.15) is 5.60 Å². The van der Waals surface area contributed by atoms with Crippen LogP contribution in [0, 0.1) is 11.8 Å². The molecule has 2 amide bonds. The van der Waals surface area contributed by atoms with Gasteiger partial charge < -0.3 is 25.2 Å². The van der Waals surface area contributed by atoms with Crippen LogP contribution in [0.25, 0.3) is 0 Å². The highest BCUT2D eigenvalue weighted by Gasteiger charge is 2.48. The average molecular weight is 453 g/mol. The monoisotopic (exact) mass is 452 g/mol. The molecule has 0 aromatic rings. The minimum atomic E-state index is -0.415. The summed E-state index contributed by atoms with van der Waals surface area (Å²) < 4.78 is 5.78. The molecule has 2 aliphatic heterocycles. The van der Waals surface area contributed by atoms with Gasteiger partial charge >= 0.3 is 6.09 Å². The van der Waals surface area contributed by atoms with Crippen LogP contribution in [0.15, 0.2) is 0 Å². The zero-order valence-corrected chi connectivity index (χ0v) is 19.6. The maximum absolute atomic E-state index is 12.5. The quantitative estimate of drug-likeness (QED) is 0.611. The highest BCUT2D eigenvalue weighted by Crippen LogP contribution is 2.35. The Morgan fingerprint density at radius 3 is 2.45 bits per heavy atom. The van der Waals surface area contributed by atoms with Gasteiger partial charge in [0, 0.05) is 39.0 Å². The number of nitrogens with zero attached hydrogens (tertiary/aromatic N) is 3. The molecule has 3 rings (SSSR count). The summed E-state index contributed by atoms with van der Waals surface area (Å²) in [6.45, 7) is 9.14. The largest absolute Gasteiger partial charge is 0.441 e. The molecule has 1 atom stereocenters. The summed E-state index contributed by atoms with van der Waals surface area (Å²) in [4.78, 5) is 30.8. The Morgan fingerprint density at radius 1 is 1.28 bits per heavy atom. The van der Waals surface area contributed by atoms with Crippen molar-refractivity contribution in [3.8, 4) is 0 Å². The molecule has 2 heterocycles. The van der Waals surface area contributed by atoms with Crippen molar-refractivity contribution in [2.45, 2.75) is 57.6 Å². The Balaban J connectivity index is 0.00000210. The molecular weight excluding hydrogens is 415 g/mol. The molecule has 0 unspecified atom stereocenters. The van der Waals surface area contributed by atoms with Gasteiger partial charge in [-0.3, -0.25) is 4.79 Å². The normalized spacial score (nSPS) is 21.8. The van der Waals surface area contributed by atoms with Crippen molar-refractivity contribution in [1.29, 1.82) is 0 Å². The van der Waals surface area contributed by atoms with Crippen molar-refractivity contribution >= 4 is 36.8 Å². The van der Waals surface area contributed by atoms with Gasteiger partial charge in [-0.15, -0.1) is 24.8 Å². The molecular formula is C20H38Cl2N4O3. The van der Waals surface area contributed by atoms with Crippen LogP contribution in [-0.2, 0) is 9.53 Å². The number of piperidine rings is 1. The number of halogens is 2. The second-order valence-corrected chi connectivity index (χ2v) is 9.17. The van der Waals surface area contributed by atoms with Crippen molar-refractivity contribution in [2.75, 3.05) is 46.3 Å². The number of hydrogen-bond donors (Lipinski definition) is 1. The van der Waals surface area contributed by atoms with Crippen molar-refractivity contribution in [2.24, 2.45) is 17.6 Å². The lowest BCUT2D eigenvalue weighted by Gasteiger charge is -2.38. The molecule has 2 saturated heterocycles. The summed E-state index contributed by atoms with van der Waals surface area (Å²) in [6.07, 6.45) is 4.33. The maximum atomic E-state index is 12.5. The van der Waals surface area contributed by atoms with E-state index in [2.05, 4.69) is 25.8 Å². The molecule has 7 nitrogen and oxygen atoms in total. The van der Waals surface area contributed by atoms with E-state index in [1.54, 1.807) is 0 Å². The summed E-state index contributed by atoms with van der Waals surface area (Å²) in [6, 6.07) is -0.343. The number of hydrogen-bond acceptors (Lipinski definition) is 5. The van der Waals surface area contributed by atoms with Crippen molar-refractivity contribution in [3.63, 3.8) is 0 Å². The number of rotatable bonds is 8. The van der Waals surface area contributed by atoms with E-state index in [1.807, 2.05) is 9.80 Å². The van der Waals surface area contributed by atoms with E-state index in [0.717, 1.165) is 38.9 Å². The number of ether oxygens (including phenoxy) is 1. The molecule has 2 N–H and O–H groups in total. The van der Waals surface area contributed by atoms with Gasteiger partial charge in [0.15, 0.2) is 0 Å². The Hall–Kier alpha value is -0.760. The second kappa shape index (κ2) is 11.0. The number of carbonyl (C=O) groups excluding carboxylic acids is 2. The third-order valence-corrected chi connectivity index (χ3v) is 6.09. The van der Waals surface area contributed by atoms with Crippen LogP contribution in [0.4, 0.5) is 4.79 Å². The fourth-order valence-corrected chi connectivity index (χ4v) is 4.37. The molecule has 170 valence electrons. The van der Waals surface area contributed by atoms with Crippen molar-refractivity contribution in [3.05, 3.63) is 0 Å². The molecule has 0 aromatic carbocycles. The summed E-state index contributed by atoms with van der Waals surface area (Å²) in [5.41, 5.74) is 5.65. The summed E-state index contributed by atoms with van der Waals surface area (Å²) in [7, 11) is 2.13. The van der Waals surface area contributed by atoms with Crippen molar-refractivity contribution < 1.29 is 14.3 Å². The first-order valence-corrected chi connectivity index (χ1v) is 10.5. The fourth-order valence-electron chi connectivity index (χ4n) is 4.37. The standard InChI is InChI=1S/C20H36N4O3.2ClH/c1-15(2)13-22(3)9-4-10-24-14-20(27-19(24)26)7-11-23(12-8-20)18(25)17(21)16-5-6-16;;/h15-17H,4-14,21H2,1-3H3;2*1H/t17-;;/m0../s1. The molecule has 1 spiro atoms.